The topological polar surface area (TPSA) is 268 Å². The Morgan fingerprint density at radius 1 is 0.783 bits per heavy atom. The Hall–Kier alpha value is -5.44. The Bertz CT molecular complexity index is 1540. The minimum Gasteiger partial charge on any atom is -0.481 e. The summed E-state index contributed by atoms with van der Waals surface area (Å²) in [6.07, 6.45) is 1.36. The summed E-state index contributed by atoms with van der Waals surface area (Å²) in [6, 6.07) is 11.1. The van der Waals surface area contributed by atoms with E-state index in [1.807, 2.05) is 24.3 Å². The first-order chi connectivity index (χ1) is 21.9. The Morgan fingerprint density at radius 2 is 1.39 bits per heavy atom. The molecule has 3 amide bonds. The van der Waals surface area contributed by atoms with Crippen molar-refractivity contribution >= 4 is 46.5 Å². The van der Waals surface area contributed by atoms with Crippen molar-refractivity contribution in [3.63, 3.8) is 0 Å². The summed E-state index contributed by atoms with van der Waals surface area (Å²) >= 11 is 0. The maximum absolute atomic E-state index is 13.5. The van der Waals surface area contributed by atoms with Crippen molar-refractivity contribution in [2.75, 3.05) is 6.54 Å². The lowest BCUT2D eigenvalue weighted by molar-refractivity contribution is -0.143. The van der Waals surface area contributed by atoms with Crippen LogP contribution in [0.25, 0.3) is 10.9 Å². The number of hydrogen-bond acceptors (Lipinski definition) is 7. The Kier molecular flexibility index (Phi) is 13.1. The van der Waals surface area contributed by atoms with Crippen LogP contribution in [0.5, 0.6) is 0 Å². The first kappa shape index (κ1) is 35.0. The number of nitrogens with one attached hydrogen (secondary N) is 4. The number of nitrogens with zero attached hydrogens (tertiary/aromatic N) is 1. The van der Waals surface area contributed by atoms with Gasteiger partial charge in [0.25, 0.3) is 0 Å². The van der Waals surface area contributed by atoms with Crippen molar-refractivity contribution in [1.82, 2.24) is 20.9 Å². The molecule has 0 radical (unpaired) electrons. The number of aliphatic carboxylic acids is 2. The van der Waals surface area contributed by atoms with Crippen molar-refractivity contribution in [3.05, 3.63) is 71.9 Å². The summed E-state index contributed by atoms with van der Waals surface area (Å²) in [5.74, 6) is -5.00. The lowest BCUT2D eigenvalue weighted by Gasteiger charge is -2.25. The molecule has 12 N–H and O–H groups in total. The highest BCUT2D eigenvalue weighted by molar-refractivity contribution is 5.94. The molecular weight excluding hydrogens is 596 g/mol. The van der Waals surface area contributed by atoms with Crippen LogP contribution in [0.2, 0.25) is 0 Å². The zero-order valence-electron chi connectivity index (χ0n) is 25.1. The average Bonchev–Trinajstić information content (AvgIpc) is 3.42. The van der Waals surface area contributed by atoms with Gasteiger partial charge in [-0.1, -0.05) is 48.5 Å². The average molecular weight is 637 g/mol. The second kappa shape index (κ2) is 17.2. The van der Waals surface area contributed by atoms with E-state index >= 15 is 0 Å². The number of guanidine groups is 1. The molecule has 1 heterocycles. The molecule has 0 aliphatic carbocycles. The molecule has 1 aromatic heterocycles. The van der Waals surface area contributed by atoms with Crippen LogP contribution in [0.3, 0.4) is 0 Å². The number of carbonyl (C=O) groups is 5. The van der Waals surface area contributed by atoms with Gasteiger partial charge >= 0.3 is 11.9 Å². The first-order valence-corrected chi connectivity index (χ1v) is 14.7. The summed E-state index contributed by atoms with van der Waals surface area (Å²) in [4.78, 5) is 70.2. The molecule has 0 spiro atoms. The fourth-order valence-electron chi connectivity index (χ4n) is 4.81. The number of aromatic nitrogens is 1. The molecule has 2 aromatic carbocycles. The molecule has 0 saturated heterocycles. The number of amides is 3. The monoisotopic (exact) mass is 636 g/mol. The Balaban J connectivity index is 1.74. The SMILES string of the molecule is NC(N)=NCCCC(NC(=O)C(N)Cc1c[nH]c2ccccc12)C(=O)NC(CCC(=O)O)C(=O)NC(Cc1ccccc1)C(=O)O. The predicted octanol–water partition coefficient (Wildman–Crippen LogP) is -0.262. The number of fused-ring (bicyclic) bond motifs is 1. The van der Waals surface area contributed by atoms with Gasteiger partial charge in [-0.3, -0.25) is 24.2 Å². The molecule has 46 heavy (non-hydrogen) atoms. The lowest BCUT2D eigenvalue weighted by Crippen LogP contribution is -2.57. The number of aliphatic imine (C=N–C) groups is 1. The zero-order valence-corrected chi connectivity index (χ0v) is 25.1. The first-order valence-electron chi connectivity index (χ1n) is 14.7. The summed E-state index contributed by atoms with van der Waals surface area (Å²) in [6.45, 7) is 0.145. The largest absolute Gasteiger partial charge is 0.481 e. The Morgan fingerprint density at radius 3 is 2.04 bits per heavy atom. The van der Waals surface area contributed by atoms with E-state index in [-0.39, 0.29) is 44.6 Å². The number of carboxylic acid groups (broad SMARTS) is 2. The van der Waals surface area contributed by atoms with E-state index in [1.165, 1.54) is 0 Å². The maximum Gasteiger partial charge on any atom is 0.326 e. The van der Waals surface area contributed by atoms with Crippen molar-refractivity contribution < 1.29 is 34.2 Å². The van der Waals surface area contributed by atoms with Crippen LogP contribution in [0.1, 0.15) is 36.8 Å². The van der Waals surface area contributed by atoms with Gasteiger partial charge in [0, 0.05) is 36.5 Å². The van der Waals surface area contributed by atoms with E-state index in [2.05, 4.69) is 25.9 Å². The molecule has 0 aliphatic heterocycles. The van der Waals surface area contributed by atoms with Gasteiger partial charge in [-0.05, 0) is 42.9 Å². The number of carbonyl (C=O) groups excluding carboxylic acids is 3. The number of nitrogens with two attached hydrogens (primary N) is 3. The third kappa shape index (κ3) is 10.9. The lowest BCUT2D eigenvalue weighted by atomic mass is 10.0. The highest BCUT2D eigenvalue weighted by Gasteiger charge is 2.31. The van der Waals surface area contributed by atoms with E-state index in [0.29, 0.717) is 5.56 Å². The van der Waals surface area contributed by atoms with Gasteiger partial charge in [-0.25, -0.2) is 4.79 Å². The molecule has 4 unspecified atom stereocenters. The molecule has 0 fully saturated rings. The summed E-state index contributed by atoms with van der Waals surface area (Å²) in [5.41, 5.74) is 19.3. The molecule has 3 aromatic rings. The smallest absolute Gasteiger partial charge is 0.326 e. The fraction of sp³-hybridized carbons (Fsp3) is 0.355. The van der Waals surface area contributed by atoms with Gasteiger partial charge < -0.3 is 48.3 Å². The standard InChI is InChI=1S/C31H40N8O7/c32-21(16-19-17-36-22-10-5-4-9-20(19)22)27(42)37-23(11-6-14-35-31(33)34)28(43)38-24(12-13-26(40)41)29(44)39-25(30(45)46)15-18-7-2-1-3-8-18/h1-5,7-10,17,21,23-25,36H,6,11-16,32H2,(H,37,42)(H,38,43)(H,39,44)(H,40,41)(H,45,46)(H4,33,34,35). The molecule has 4 atom stereocenters. The summed E-state index contributed by atoms with van der Waals surface area (Å²) < 4.78 is 0. The zero-order chi connectivity index (χ0) is 33.6. The molecule has 0 bridgehead atoms. The number of benzene rings is 2. The summed E-state index contributed by atoms with van der Waals surface area (Å²) in [7, 11) is 0. The predicted molar refractivity (Wildman–Crippen MR) is 170 cm³/mol. The number of aromatic amines is 1. The molecule has 0 aliphatic rings. The highest BCUT2D eigenvalue weighted by atomic mass is 16.4. The third-order valence-electron chi connectivity index (χ3n) is 7.21. The minimum atomic E-state index is -1.42. The number of hydrogen-bond donors (Lipinski definition) is 9. The number of rotatable bonds is 18. The van der Waals surface area contributed by atoms with Gasteiger partial charge in [0.15, 0.2) is 5.96 Å². The summed E-state index contributed by atoms with van der Waals surface area (Å²) in [5, 5.41) is 27.4. The van der Waals surface area contributed by atoms with E-state index in [1.54, 1.807) is 36.5 Å². The van der Waals surface area contributed by atoms with Crippen LogP contribution < -0.4 is 33.2 Å². The van der Waals surface area contributed by atoms with Crippen molar-refractivity contribution in [2.24, 2.45) is 22.2 Å². The van der Waals surface area contributed by atoms with Crippen molar-refractivity contribution in [2.45, 2.75) is 62.7 Å². The number of H-pyrrole nitrogens is 1. The van der Waals surface area contributed by atoms with Gasteiger partial charge in [0.05, 0.1) is 6.04 Å². The minimum absolute atomic E-state index is 0.0424. The highest BCUT2D eigenvalue weighted by Crippen LogP contribution is 2.19. The molecule has 0 saturated carbocycles. The van der Waals surface area contributed by atoms with E-state index in [9.17, 15) is 34.2 Å². The van der Waals surface area contributed by atoms with Crippen LogP contribution in [-0.2, 0) is 36.8 Å². The quantitative estimate of drug-likeness (QED) is 0.0501. The second-order valence-electron chi connectivity index (χ2n) is 10.8. The van der Waals surface area contributed by atoms with Crippen molar-refractivity contribution in [1.29, 1.82) is 0 Å². The maximum atomic E-state index is 13.5. The van der Waals surface area contributed by atoms with E-state index in [0.717, 1.165) is 16.5 Å². The van der Waals surface area contributed by atoms with Crippen molar-refractivity contribution in [3.8, 4) is 0 Å². The third-order valence-corrected chi connectivity index (χ3v) is 7.21. The van der Waals surface area contributed by atoms with Gasteiger partial charge in [0.2, 0.25) is 17.7 Å². The molecular formula is C31H40N8O7. The van der Waals surface area contributed by atoms with E-state index < -0.39 is 60.2 Å². The van der Waals surface area contributed by atoms with Gasteiger partial charge in [0.1, 0.15) is 18.1 Å². The molecule has 3 rings (SSSR count). The van der Waals surface area contributed by atoms with Gasteiger partial charge in [-0.2, -0.15) is 0 Å². The van der Waals surface area contributed by atoms with Crippen LogP contribution >= 0.6 is 0 Å². The van der Waals surface area contributed by atoms with Crippen LogP contribution in [0.4, 0.5) is 0 Å². The normalized spacial score (nSPS) is 13.5. The van der Waals surface area contributed by atoms with Crippen LogP contribution in [0, 0.1) is 0 Å². The molecule has 15 heteroatoms. The number of para-hydroxylation sites is 1. The Labute approximate surface area is 265 Å². The number of carboxylic acids is 2. The van der Waals surface area contributed by atoms with Gasteiger partial charge in [-0.15, -0.1) is 0 Å². The molecule has 15 nitrogen and oxygen atoms in total. The fourth-order valence-corrected chi connectivity index (χ4v) is 4.81. The molecule has 246 valence electrons. The van der Waals surface area contributed by atoms with Crippen LogP contribution in [-0.4, -0.2) is 81.5 Å². The second-order valence-corrected chi connectivity index (χ2v) is 10.8. The van der Waals surface area contributed by atoms with Crippen LogP contribution in [0.15, 0.2) is 65.8 Å². The van der Waals surface area contributed by atoms with E-state index in [4.69, 9.17) is 17.2 Å².